The first kappa shape index (κ1) is 27.8. The van der Waals surface area contributed by atoms with E-state index in [4.69, 9.17) is 0 Å². The van der Waals surface area contributed by atoms with Gasteiger partial charge < -0.3 is 4.57 Å². The quantitative estimate of drug-likeness (QED) is 0.113. The Bertz CT molecular complexity index is 3190. The third-order valence-electron chi connectivity index (χ3n) is 13.8. The minimum Gasteiger partial charge on any atom is -0.310 e. The lowest BCUT2D eigenvalue weighted by Gasteiger charge is -2.34. The van der Waals surface area contributed by atoms with Gasteiger partial charge in [0.25, 0.3) is 0 Å². The van der Waals surface area contributed by atoms with Crippen molar-refractivity contribution in [1.29, 1.82) is 0 Å². The number of aromatic nitrogens is 1. The van der Waals surface area contributed by atoms with Crippen LogP contribution in [0.2, 0.25) is 0 Å². The predicted octanol–water partition coefficient (Wildman–Crippen LogP) is 10.5. The summed E-state index contributed by atoms with van der Waals surface area (Å²) in [5, 5.41) is 8.15. The Morgan fingerprint density at radius 1 is 0.442 bits per heavy atom. The Morgan fingerprint density at radius 2 is 1.06 bits per heavy atom. The first-order chi connectivity index (χ1) is 25.3. The molecule has 0 unspecified atom stereocenters. The normalized spacial score (nSPS) is 16.0. The summed E-state index contributed by atoms with van der Waals surface area (Å²) < 4.78 is 2.62. The Morgan fingerprint density at radius 3 is 1.81 bits per heavy atom. The highest BCUT2D eigenvalue weighted by Crippen LogP contribution is 2.53. The zero-order valence-electron chi connectivity index (χ0n) is 29.7. The van der Waals surface area contributed by atoms with Crippen molar-refractivity contribution in [3.63, 3.8) is 0 Å². The van der Waals surface area contributed by atoms with Crippen molar-refractivity contribution in [2.45, 2.75) is 38.5 Å². The van der Waals surface area contributed by atoms with Crippen LogP contribution in [0.15, 0.2) is 133 Å². The van der Waals surface area contributed by atoms with E-state index in [0.29, 0.717) is 0 Å². The smallest absolute Gasteiger partial charge is 0.248 e. The molecule has 1 nitrogen and oxygen atoms in total. The Hall–Kier alpha value is -5.86. The first-order valence-corrected chi connectivity index (χ1v) is 18.8. The predicted molar refractivity (Wildman–Crippen MR) is 221 cm³/mol. The van der Waals surface area contributed by atoms with Crippen molar-refractivity contribution in [2.24, 2.45) is 0 Å². The average Bonchev–Trinajstić information content (AvgIpc) is 3.70. The van der Waals surface area contributed by atoms with Crippen molar-refractivity contribution in [3.05, 3.63) is 156 Å². The van der Waals surface area contributed by atoms with Gasteiger partial charge in [0.2, 0.25) is 6.71 Å². The second-order valence-corrected chi connectivity index (χ2v) is 16.8. The van der Waals surface area contributed by atoms with Crippen LogP contribution in [-0.2, 0) is 10.8 Å². The molecule has 8 aromatic carbocycles. The standard InChI is InChI=1S/C50H34BN/c1-49(2)38-17-7-5-12-28(38)34-24-33-27(23-40(34)49)22-37-31-15-11-21-44-47(31)51(42-19-9-14-30(33)46(37)42)43-20-10-16-32-36-25-35-29-13-6-8-18-39(29)50(3,4)41(35)26-45(36)52(44)48(32)43/h5-26H,1-4H3. The van der Waals surface area contributed by atoms with Gasteiger partial charge in [0.05, 0.1) is 5.52 Å². The van der Waals surface area contributed by atoms with Gasteiger partial charge in [-0.15, -0.1) is 0 Å². The van der Waals surface area contributed by atoms with Crippen LogP contribution in [0.1, 0.15) is 49.9 Å². The van der Waals surface area contributed by atoms with Crippen molar-refractivity contribution < 1.29 is 0 Å². The second kappa shape index (κ2) is 8.77. The lowest BCUT2D eigenvalue weighted by molar-refractivity contribution is 0.661. The summed E-state index contributed by atoms with van der Waals surface area (Å²) in [5.74, 6) is 0. The zero-order chi connectivity index (χ0) is 34.4. The van der Waals surface area contributed by atoms with E-state index in [0.717, 1.165) is 0 Å². The highest BCUT2D eigenvalue weighted by atomic mass is 15.0. The fourth-order valence-electron chi connectivity index (χ4n) is 11.4. The number of rotatable bonds is 0. The SMILES string of the molecule is CC1(C)c2ccccc2-c2cc3c(cc21)cc1c2c(cccc23)B2c3c-1cccc3-n1c3cc4c(cc3c3cccc2c31)-c1ccccc1C4(C)C. The maximum absolute atomic E-state index is 2.62. The highest BCUT2D eigenvalue weighted by Gasteiger charge is 2.42. The van der Waals surface area contributed by atoms with Gasteiger partial charge in [-0.3, -0.25) is 0 Å². The summed E-state index contributed by atoms with van der Waals surface area (Å²) in [6, 6.07) is 51.8. The number of nitrogens with zero attached hydrogens (tertiary/aromatic N) is 1. The van der Waals surface area contributed by atoms with Crippen LogP contribution in [0.5, 0.6) is 0 Å². The maximum Gasteiger partial charge on any atom is 0.248 e. The number of benzene rings is 8. The molecule has 9 aromatic rings. The topological polar surface area (TPSA) is 4.93 Å². The Kier molecular flexibility index (Phi) is 4.69. The van der Waals surface area contributed by atoms with Crippen LogP contribution < -0.4 is 16.4 Å². The van der Waals surface area contributed by atoms with E-state index in [1.165, 1.54) is 121 Å². The number of hydrogen-bond donors (Lipinski definition) is 0. The van der Waals surface area contributed by atoms with Crippen LogP contribution in [0, 0.1) is 0 Å². The van der Waals surface area contributed by atoms with Crippen LogP contribution in [0.4, 0.5) is 0 Å². The lowest BCUT2D eigenvalue weighted by atomic mass is 9.32. The minimum absolute atomic E-state index is 0.0359. The summed E-state index contributed by atoms with van der Waals surface area (Å²) >= 11 is 0. The molecular weight excluding hydrogens is 625 g/mol. The molecule has 1 aromatic heterocycles. The van der Waals surface area contributed by atoms with Crippen LogP contribution in [0.25, 0.3) is 82.4 Å². The van der Waals surface area contributed by atoms with E-state index in [-0.39, 0.29) is 17.5 Å². The molecule has 52 heavy (non-hydrogen) atoms. The summed E-state index contributed by atoms with van der Waals surface area (Å²) in [5.41, 5.74) is 22.2. The maximum atomic E-state index is 2.62. The number of para-hydroxylation sites is 1. The largest absolute Gasteiger partial charge is 0.310 e. The van der Waals surface area contributed by atoms with E-state index in [1.807, 2.05) is 0 Å². The van der Waals surface area contributed by atoms with E-state index < -0.39 is 0 Å². The molecule has 3 heterocycles. The third kappa shape index (κ3) is 2.98. The molecule has 242 valence electrons. The molecule has 2 aliphatic carbocycles. The summed E-state index contributed by atoms with van der Waals surface area (Å²) in [6.07, 6.45) is 0. The van der Waals surface area contributed by atoms with Crippen LogP contribution in [-0.4, -0.2) is 11.3 Å². The zero-order valence-corrected chi connectivity index (χ0v) is 29.7. The molecule has 0 atom stereocenters. The van der Waals surface area contributed by atoms with Crippen molar-refractivity contribution in [1.82, 2.24) is 4.57 Å². The highest BCUT2D eigenvalue weighted by molar-refractivity contribution is 7.01. The van der Waals surface area contributed by atoms with Crippen molar-refractivity contribution >= 4 is 66.5 Å². The van der Waals surface area contributed by atoms with Gasteiger partial charge in [0, 0.05) is 32.8 Å². The molecule has 0 bridgehead atoms. The molecular formula is C50H34BN. The molecule has 0 radical (unpaired) electrons. The molecule has 0 saturated heterocycles. The van der Waals surface area contributed by atoms with Gasteiger partial charge >= 0.3 is 0 Å². The van der Waals surface area contributed by atoms with Gasteiger partial charge in [-0.1, -0.05) is 130 Å². The molecule has 2 aliphatic heterocycles. The molecule has 0 saturated carbocycles. The van der Waals surface area contributed by atoms with Gasteiger partial charge in [-0.2, -0.15) is 0 Å². The van der Waals surface area contributed by atoms with Gasteiger partial charge in [0.15, 0.2) is 0 Å². The first-order valence-electron chi connectivity index (χ1n) is 18.8. The van der Waals surface area contributed by atoms with Crippen LogP contribution >= 0.6 is 0 Å². The summed E-state index contributed by atoms with van der Waals surface area (Å²) in [4.78, 5) is 0. The Balaban J connectivity index is 1.14. The third-order valence-corrected chi connectivity index (χ3v) is 13.8. The Labute approximate surface area is 303 Å². The second-order valence-electron chi connectivity index (χ2n) is 16.8. The van der Waals surface area contributed by atoms with Gasteiger partial charge in [-0.05, 0) is 125 Å². The van der Waals surface area contributed by atoms with Gasteiger partial charge in [0.1, 0.15) is 0 Å². The monoisotopic (exact) mass is 659 g/mol. The molecule has 0 amide bonds. The van der Waals surface area contributed by atoms with Crippen molar-refractivity contribution in [3.8, 4) is 39.1 Å². The lowest BCUT2D eigenvalue weighted by Crippen LogP contribution is -2.58. The van der Waals surface area contributed by atoms with Crippen LogP contribution in [0.3, 0.4) is 0 Å². The fourth-order valence-corrected chi connectivity index (χ4v) is 11.4. The van der Waals surface area contributed by atoms with Gasteiger partial charge in [-0.25, -0.2) is 0 Å². The molecule has 0 fully saturated rings. The fraction of sp³-hybridized carbons (Fsp3) is 0.120. The molecule has 0 spiro atoms. The average molecular weight is 660 g/mol. The number of fused-ring (bicyclic) bond motifs is 15. The molecule has 0 N–H and O–H groups in total. The number of hydrogen-bond acceptors (Lipinski definition) is 0. The minimum atomic E-state index is -0.0568. The van der Waals surface area contributed by atoms with E-state index in [9.17, 15) is 0 Å². The summed E-state index contributed by atoms with van der Waals surface area (Å²) in [7, 11) is 0. The van der Waals surface area contributed by atoms with E-state index >= 15 is 0 Å². The van der Waals surface area contributed by atoms with Crippen molar-refractivity contribution in [2.75, 3.05) is 0 Å². The van der Waals surface area contributed by atoms with E-state index in [2.05, 4.69) is 166 Å². The summed E-state index contributed by atoms with van der Waals surface area (Å²) in [6.45, 7) is 9.73. The molecule has 2 heteroatoms. The molecule has 4 aliphatic rings. The molecule has 13 rings (SSSR count). The van der Waals surface area contributed by atoms with E-state index in [1.54, 1.807) is 0 Å².